The summed E-state index contributed by atoms with van der Waals surface area (Å²) in [6.07, 6.45) is 1.47. The summed E-state index contributed by atoms with van der Waals surface area (Å²) in [6.45, 7) is 1.66. The highest BCUT2D eigenvalue weighted by atomic mass is 35.5. The molecule has 1 amide bonds. The van der Waals surface area contributed by atoms with Crippen molar-refractivity contribution in [2.75, 3.05) is 22.8 Å². The number of ether oxygens (including phenoxy) is 1. The minimum Gasteiger partial charge on any atom is -0.452 e. The van der Waals surface area contributed by atoms with Crippen molar-refractivity contribution >= 4 is 44.9 Å². The van der Waals surface area contributed by atoms with Crippen molar-refractivity contribution in [1.82, 2.24) is 0 Å². The molecule has 0 saturated heterocycles. The number of carbonyl (C=O) groups excluding carboxylic acids is 2. The Morgan fingerprint density at radius 2 is 1.81 bits per heavy atom. The molecule has 0 radical (unpaired) electrons. The zero-order valence-electron chi connectivity index (χ0n) is 19.5. The van der Waals surface area contributed by atoms with E-state index in [9.17, 15) is 18.0 Å². The van der Waals surface area contributed by atoms with Crippen LogP contribution >= 0.6 is 11.6 Å². The second-order valence-corrected chi connectivity index (χ2v) is 9.99. The number of amides is 1. The van der Waals surface area contributed by atoms with E-state index in [1.165, 1.54) is 46.8 Å². The van der Waals surface area contributed by atoms with Gasteiger partial charge >= 0.3 is 5.97 Å². The number of unbranched alkanes of at least 4 members (excludes halogenated alkanes) is 1. The van der Waals surface area contributed by atoms with E-state index in [0.717, 1.165) is 6.42 Å². The summed E-state index contributed by atoms with van der Waals surface area (Å²) in [7, 11) is -3.95. The first-order valence-electron chi connectivity index (χ1n) is 11.1. The number of esters is 1. The number of anilines is 2. The fourth-order valence-corrected chi connectivity index (χ4v) is 5.06. The van der Waals surface area contributed by atoms with E-state index in [1.807, 2.05) is 13.0 Å². The van der Waals surface area contributed by atoms with Gasteiger partial charge in [-0.2, -0.15) is 5.26 Å². The molecule has 0 fully saturated rings. The van der Waals surface area contributed by atoms with Gasteiger partial charge in [0.25, 0.3) is 15.9 Å². The number of halogens is 1. The Morgan fingerprint density at radius 3 is 2.47 bits per heavy atom. The Balaban J connectivity index is 1.71. The molecule has 8 nitrogen and oxygen atoms in total. The lowest BCUT2D eigenvalue weighted by atomic mass is 10.2. The van der Waals surface area contributed by atoms with Crippen LogP contribution in [0, 0.1) is 11.3 Å². The molecule has 1 N–H and O–H groups in total. The molecular formula is C26H24ClN3O5S. The van der Waals surface area contributed by atoms with Crippen LogP contribution in [0.5, 0.6) is 0 Å². The molecule has 0 aromatic heterocycles. The van der Waals surface area contributed by atoms with Crippen molar-refractivity contribution in [3.05, 3.63) is 88.9 Å². The Morgan fingerprint density at radius 1 is 1.06 bits per heavy atom. The van der Waals surface area contributed by atoms with E-state index in [2.05, 4.69) is 5.32 Å². The normalized spacial score (nSPS) is 10.8. The van der Waals surface area contributed by atoms with E-state index < -0.39 is 28.5 Å². The van der Waals surface area contributed by atoms with Crippen LogP contribution in [0.3, 0.4) is 0 Å². The van der Waals surface area contributed by atoms with Gasteiger partial charge in [-0.25, -0.2) is 13.2 Å². The number of hydrogen-bond acceptors (Lipinski definition) is 6. The summed E-state index contributed by atoms with van der Waals surface area (Å²) < 4.78 is 33.3. The number of sulfonamides is 1. The van der Waals surface area contributed by atoms with Crippen molar-refractivity contribution in [3.63, 3.8) is 0 Å². The first-order valence-corrected chi connectivity index (χ1v) is 12.9. The van der Waals surface area contributed by atoms with Crippen LogP contribution in [0.2, 0.25) is 5.02 Å². The molecule has 3 aromatic rings. The lowest BCUT2D eigenvalue weighted by molar-refractivity contribution is -0.119. The number of rotatable bonds is 10. The van der Waals surface area contributed by atoms with E-state index in [0.29, 0.717) is 17.8 Å². The molecule has 0 heterocycles. The molecule has 36 heavy (non-hydrogen) atoms. The minimum absolute atomic E-state index is 0.00574. The second-order valence-electron chi connectivity index (χ2n) is 7.72. The SMILES string of the molecule is CCCCN(c1ccccc1)S(=O)(=O)c1cccc(C(=O)OCC(=O)Nc2ccc(C#N)c(Cl)c2)c1. The van der Waals surface area contributed by atoms with Gasteiger partial charge in [-0.3, -0.25) is 9.10 Å². The fraction of sp³-hybridized carbons (Fsp3) is 0.192. The minimum atomic E-state index is -3.95. The molecular weight excluding hydrogens is 502 g/mol. The molecule has 0 atom stereocenters. The van der Waals surface area contributed by atoms with Crippen molar-refractivity contribution in [2.45, 2.75) is 24.7 Å². The topological polar surface area (TPSA) is 117 Å². The van der Waals surface area contributed by atoms with Gasteiger partial charge in [-0.1, -0.05) is 49.2 Å². The van der Waals surface area contributed by atoms with Gasteiger partial charge in [0, 0.05) is 12.2 Å². The molecule has 0 spiro atoms. The Bertz CT molecular complexity index is 1390. The van der Waals surface area contributed by atoms with Gasteiger partial charge in [0.2, 0.25) is 0 Å². The van der Waals surface area contributed by atoms with Gasteiger partial charge in [-0.05, 0) is 55.0 Å². The van der Waals surface area contributed by atoms with Crippen molar-refractivity contribution in [3.8, 4) is 6.07 Å². The van der Waals surface area contributed by atoms with Gasteiger partial charge in [-0.15, -0.1) is 0 Å². The molecule has 186 valence electrons. The van der Waals surface area contributed by atoms with Crippen LogP contribution in [-0.2, 0) is 19.6 Å². The molecule has 3 rings (SSSR count). The van der Waals surface area contributed by atoms with E-state index >= 15 is 0 Å². The number of para-hydroxylation sites is 1. The number of benzene rings is 3. The average molecular weight is 526 g/mol. The smallest absolute Gasteiger partial charge is 0.338 e. The van der Waals surface area contributed by atoms with Crippen molar-refractivity contribution < 1.29 is 22.7 Å². The largest absolute Gasteiger partial charge is 0.452 e. The highest BCUT2D eigenvalue weighted by Gasteiger charge is 2.25. The fourth-order valence-electron chi connectivity index (χ4n) is 3.29. The second kappa shape index (κ2) is 12.2. The van der Waals surface area contributed by atoms with Crippen LogP contribution in [0.25, 0.3) is 0 Å². The van der Waals surface area contributed by atoms with E-state index in [1.54, 1.807) is 30.3 Å². The summed E-state index contributed by atoms with van der Waals surface area (Å²) >= 11 is 5.95. The van der Waals surface area contributed by atoms with Gasteiger partial charge < -0.3 is 10.1 Å². The lowest BCUT2D eigenvalue weighted by Crippen LogP contribution is -2.32. The zero-order chi connectivity index (χ0) is 26.1. The maximum Gasteiger partial charge on any atom is 0.338 e. The van der Waals surface area contributed by atoms with Crippen LogP contribution in [0.15, 0.2) is 77.7 Å². The van der Waals surface area contributed by atoms with Crippen LogP contribution < -0.4 is 9.62 Å². The molecule has 10 heteroatoms. The first kappa shape index (κ1) is 26.7. The van der Waals surface area contributed by atoms with Crippen LogP contribution in [0.4, 0.5) is 11.4 Å². The van der Waals surface area contributed by atoms with Crippen LogP contribution in [-0.4, -0.2) is 33.4 Å². The Kier molecular flexibility index (Phi) is 9.06. The zero-order valence-corrected chi connectivity index (χ0v) is 21.1. The monoisotopic (exact) mass is 525 g/mol. The molecule has 0 bridgehead atoms. The number of hydrogen-bond donors (Lipinski definition) is 1. The van der Waals surface area contributed by atoms with Gasteiger partial charge in [0.05, 0.1) is 26.7 Å². The molecule has 0 unspecified atom stereocenters. The summed E-state index contributed by atoms with van der Waals surface area (Å²) in [5.74, 6) is -1.47. The number of nitrogens with zero attached hydrogens (tertiary/aromatic N) is 2. The van der Waals surface area contributed by atoms with Crippen molar-refractivity contribution in [1.29, 1.82) is 5.26 Å². The third-order valence-corrected chi connectivity index (χ3v) is 7.26. The number of carbonyl (C=O) groups is 2. The van der Waals surface area contributed by atoms with Crippen LogP contribution in [0.1, 0.15) is 35.7 Å². The predicted octanol–water partition coefficient (Wildman–Crippen LogP) is 5.00. The third-order valence-electron chi connectivity index (χ3n) is 5.12. The average Bonchev–Trinajstić information content (AvgIpc) is 2.88. The summed E-state index contributed by atoms with van der Waals surface area (Å²) in [5.41, 5.74) is 1.12. The maximum atomic E-state index is 13.4. The van der Waals surface area contributed by atoms with E-state index in [-0.39, 0.29) is 27.6 Å². The molecule has 0 aliphatic rings. The molecule has 0 saturated carbocycles. The van der Waals surface area contributed by atoms with Crippen molar-refractivity contribution in [2.24, 2.45) is 0 Å². The lowest BCUT2D eigenvalue weighted by Gasteiger charge is -2.24. The standard InChI is InChI=1S/C26H24ClN3O5S/c1-2-3-14-30(22-9-5-4-6-10-22)36(33,34)23-11-7-8-19(15-23)26(32)35-18-25(31)29-21-13-12-20(17-28)24(27)16-21/h4-13,15-16H,2-3,14,18H2,1H3,(H,29,31). The summed E-state index contributed by atoms with van der Waals surface area (Å²) in [5, 5.41) is 11.6. The third kappa shape index (κ3) is 6.62. The maximum absolute atomic E-state index is 13.4. The molecule has 0 aliphatic heterocycles. The summed E-state index contributed by atoms with van der Waals surface area (Å²) in [6, 6.07) is 20.5. The van der Waals surface area contributed by atoms with Gasteiger partial charge in [0.15, 0.2) is 6.61 Å². The first-order chi connectivity index (χ1) is 17.3. The Labute approximate surface area is 215 Å². The highest BCUT2D eigenvalue weighted by molar-refractivity contribution is 7.92. The Hall–Kier alpha value is -3.87. The quantitative estimate of drug-likeness (QED) is 0.372. The highest BCUT2D eigenvalue weighted by Crippen LogP contribution is 2.25. The molecule has 0 aliphatic carbocycles. The van der Waals surface area contributed by atoms with Gasteiger partial charge in [0.1, 0.15) is 6.07 Å². The van der Waals surface area contributed by atoms with E-state index in [4.69, 9.17) is 21.6 Å². The summed E-state index contributed by atoms with van der Waals surface area (Å²) in [4.78, 5) is 24.7. The number of nitriles is 1. The number of nitrogens with one attached hydrogen (secondary N) is 1. The molecule has 3 aromatic carbocycles. The predicted molar refractivity (Wildman–Crippen MR) is 137 cm³/mol.